The fourth-order valence-electron chi connectivity index (χ4n) is 8.37. The molecule has 0 bridgehead atoms. The van der Waals surface area contributed by atoms with Gasteiger partial charge in [-0.15, -0.1) is 0 Å². The minimum absolute atomic E-state index is 0.000780. The molecule has 143 heavy (non-hydrogen) atoms. The van der Waals surface area contributed by atoms with Gasteiger partial charge >= 0.3 is 59.7 Å². The molecule has 2 amide bonds. The summed E-state index contributed by atoms with van der Waals surface area (Å²) in [5, 5.41) is 108. The Morgan fingerprint density at radius 1 is 0.273 bits per heavy atom. The zero-order valence-electron chi connectivity index (χ0n) is 95.6. The van der Waals surface area contributed by atoms with Gasteiger partial charge in [-0.05, 0) is 218 Å². The molecule has 0 aliphatic carbocycles. The molecule has 0 radical (unpaired) electrons. The second-order valence-corrected chi connectivity index (χ2v) is 39.2. The third kappa shape index (κ3) is 90.9. The SMILES string of the molecule is CCC(C)(C)C(=O)OCC(CO)N(C)C.CCC(C)(C)C(=O)OCC(CO)NC.CCC(C)(C)C(=O)OCC(O)CN(C)C.CCC(C)(C)C(=O)OCC(O)CNC.CCC(C)(C)C(=O)OCC(O)CNC(C)=O.CCC(C)C(=O)OCC(CO)N(C)C.CCC(C)C(=O)OCC(CO)NC.CCC(C)C(=O)OCC(O)CN(C)C.CCC(C)C(=O)OCC(O)CNC.CCC(C)C(=O)OCC(O)CNC(C)=O. The minimum Gasteiger partial charge on any atom is -0.464 e. The molecule has 0 aromatic carbocycles. The predicted octanol–water partition coefficient (Wildman–Crippen LogP) is 4.71. The molecule has 0 rings (SSSR count). The topological polar surface area (TPSA) is 585 Å². The van der Waals surface area contributed by atoms with E-state index in [4.69, 9.17) is 67.8 Å². The van der Waals surface area contributed by atoms with Gasteiger partial charge in [-0.3, -0.25) is 57.5 Å². The summed E-state index contributed by atoms with van der Waals surface area (Å²) in [6, 6.07) is -0.566. The lowest BCUT2D eigenvalue weighted by atomic mass is 9.91. The van der Waals surface area contributed by atoms with E-state index >= 15 is 0 Å². The number of amides is 2. The largest absolute Gasteiger partial charge is 0.464 e. The predicted molar refractivity (Wildman–Crippen MR) is 555 cm³/mol. The van der Waals surface area contributed by atoms with Gasteiger partial charge in [0.2, 0.25) is 11.8 Å². The maximum absolute atomic E-state index is 11.6. The van der Waals surface area contributed by atoms with Crippen molar-refractivity contribution in [1.82, 2.24) is 51.5 Å². The molecule has 16 N–H and O–H groups in total. The number of ether oxygens (including phenoxy) is 10. The van der Waals surface area contributed by atoms with E-state index in [0.717, 1.165) is 51.4 Å². The Bertz CT molecular complexity index is 3220. The lowest BCUT2D eigenvalue weighted by molar-refractivity contribution is -0.157. The summed E-state index contributed by atoms with van der Waals surface area (Å²) in [5.41, 5.74) is -2.33. The number of carbonyl (C=O) groups excluding carboxylic acids is 12. The van der Waals surface area contributed by atoms with E-state index in [1.165, 1.54) is 13.8 Å². The highest BCUT2D eigenvalue weighted by molar-refractivity contribution is 5.79. The van der Waals surface area contributed by atoms with Crippen LogP contribution in [0.3, 0.4) is 0 Å². The Morgan fingerprint density at radius 2 is 0.455 bits per heavy atom. The summed E-state index contributed by atoms with van der Waals surface area (Å²) in [7, 11) is 21.7. The zero-order chi connectivity index (χ0) is 114. The van der Waals surface area contributed by atoms with Crippen LogP contribution in [0.25, 0.3) is 0 Å². The van der Waals surface area contributed by atoms with E-state index in [0.29, 0.717) is 39.0 Å². The van der Waals surface area contributed by atoms with Crippen LogP contribution in [0.4, 0.5) is 0 Å². The second-order valence-electron chi connectivity index (χ2n) is 39.2. The van der Waals surface area contributed by atoms with E-state index in [-0.39, 0.29) is 231 Å². The van der Waals surface area contributed by atoms with Gasteiger partial charge in [0.25, 0.3) is 0 Å². The van der Waals surface area contributed by atoms with Crippen molar-refractivity contribution in [3.8, 4) is 0 Å². The van der Waals surface area contributed by atoms with E-state index in [2.05, 4.69) is 31.9 Å². The molecule has 15 unspecified atom stereocenters. The molecule has 0 spiro atoms. The van der Waals surface area contributed by atoms with Gasteiger partial charge in [0.05, 0.1) is 107 Å². The summed E-state index contributed by atoms with van der Waals surface area (Å²) < 4.78 is 49.9. The number of nitrogens with zero attached hydrogens (tertiary/aromatic N) is 4. The lowest BCUT2D eigenvalue weighted by Gasteiger charge is -2.25. The molecule has 15 atom stereocenters. The quantitative estimate of drug-likeness (QED) is 0.0289. The minimum atomic E-state index is -0.861. The Balaban J connectivity index is -0.000000172. The number of likely N-dealkylation sites (N-methyl/N-ethyl adjacent to an activating group) is 8. The fourth-order valence-corrected chi connectivity index (χ4v) is 8.37. The van der Waals surface area contributed by atoms with Crippen molar-refractivity contribution in [2.45, 2.75) is 312 Å². The van der Waals surface area contributed by atoms with Gasteiger partial charge in [-0.25, -0.2) is 0 Å². The number of rotatable bonds is 60. The van der Waals surface area contributed by atoms with Gasteiger partial charge in [-0.2, -0.15) is 0 Å². The van der Waals surface area contributed by atoms with Gasteiger partial charge < -0.3 is 150 Å². The van der Waals surface area contributed by atoms with Crippen LogP contribution in [0.5, 0.6) is 0 Å². The van der Waals surface area contributed by atoms with Crippen molar-refractivity contribution in [3.63, 3.8) is 0 Å². The average Bonchev–Trinajstić information content (AvgIpc) is 0.908. The summed E-state index contributed by atoms with van der Waals surface area (Å²) in [5.74, 6) is -3.31. The van der Waals surface area contributed by atoms with Crippen molar-refractivity contribution in [3.05, 3.63) is 0 Å². The highest BCUT2D eigenvalue weighted by atomic mass is 16.6. The molecule has 0 saturated heterocycles. The Morgan fingerprint density at radius 3 is 0.643 bits per heavy atom. The van der Waals surface area contributed by atoms with Crippen LogP contribution in [-0.2, 0) is 105 Å². The second kappa shape index (κ2) is 92.3. The first-order valence-electron chi connectivity index (χ1n) is 50.0. The Hall–Kier alpha value is -7.08. The number of nitrogens with one attached hydrogen (secondary N) is 6. The standard InChI is InChI=1S/C11H21NO4.2C11H23NO3.C10H19NO4.4C10H21NO3.2C9H19NO3/c1-5-11(3,4)10(15)16-7-9(14)6-12-8(2)13;1-6-11(2,3)10(14)15-8-9(7-13)12(4)5;1-6-11(2,3)10(14)15-8-9(13)7-12(4)5;1-4-7(2)10(14)15-6-9(13)5-11-8(3)12;1-5-10(2,3)9(13)14-7-8(6-12)11-4;1-5-10(2,3)9(13)14-7-8(12)6-11-4;1-5-8(2)10(13)14-7-9(6-12)11(3)4;1-5-8(2)10(13)14-7-9(12)6-11(3)4;1-4-7(2)9(12)13-6-8(5-11)10-3;1-4-7(2)9(12)13-6-8(11)5-10-3/h9,14H,5-7H2,1-4H3,(H,12,13);2*9,13H,6-8H2,1-5H3;7,9,13H,4-6H2,1-3H3,(H,11,12);2*8,11-12H,5-7H2,1-4H3;2*8-9,12H,5-7H2,1-4H3;2*7-8,10-11H,4-6H2,1-3H3. The normalized spacial score (nSPS) is 14.3. The van der Waals surface area contributed by atoms with E-state index in [1.807, 2.05) is 228 Å². The van der Waals surface area contributed by atoms with E-state index in [9.17, 15) is 88.2 Å². The molecular weight excluding hydrogens is 1870 g/mol. The first-order chi connectivity index (χ1) is 66.1. The molecular formula is C101H208N10O32. The molecule has 0 aromatic rings. The number of carbonyl (C=O) groups is 12. The monoisotopic (exact) mass is 2070 g/mol. The number of aliphatic hydroxyl groups is 10. The highest BCUT2D eigenvalue weighted by Crippen LogP contribution is 2.26. The average molecular weight is 2070 g/mol. The zero-order valence-corrected chi connectivity index (χ0v) is 95.6. The van der Waals surface area contributed by atoms with Crippen molar-refractivity contribution in [2.24, 2.45) is 56.7 Å². The smallest absolute Gasteiger partial charge is 0.311 e. The molecule has 0 heterocycles. The third-order valence-corrected chi connectivity index (χ3v) is 22.7. The molecule has 0 aliphatic rings. The molecule has 42 nitrogen and oxygen atoms in total. The summed E-state index contributed by atoms with van der Waals surface area (Å²) >= 11 is 0. The van der Waals surface area contributed by atoms with Gasteiger partial charge in [-0.1, -0.05) is 104 Å². The summed E-state index contributed by atoms with van der Waals surface area (Å²) in [6.07, 6.45) is 3.27. The van der Waals surface area contributed by atoms with Crippen molar-refractivity contribution in [2.75, 3.05) is 216 Å². The molecule has 0 fully saturated rings. The van der Waals surface area contributed by atoms with Crippen molar-refractivity contribution >= 4 is 71.5 Å². The number of hydrogen-bond donors (Lipinski definition) is 16. The Labute approximate surface area is 860 Å². The Kier molecular flexibility index (Phi) is 101. The highest BCUT2D eigenvalue weighted by Gasteiger charge is 2.33. The summed E-state index contributed by atoms with van der Waals surface area (Å²) in [4.78, 5) is 142. The van der Waals surface area contributed by atoms with Crippen LogP contribution in [-0.4, -0.2) is 419 Å². The number of hydrogen-bond acceptors (Lipinski definition) is 40. The van der Waals surface area contributed by atoms with Crippen molar-refractivity contribution in [1.29, 1.82) is 0 Å². The van der Waals surface area contributed by atoms with Crippen LogP contribution < -0.4 is 31.9 Å². The van der Waals surface area contributed by atoms with Crippen molar-refractivity contribution < 1.29 is 156 Å². The van der Waals surface area contributed by atoms with Crippen LogP contribution in [0.1, 0.15) is 251 Å². The maximum Gasteiger partial charge on any atom is 0.311 e. The van der Waals surface area contributed by atoms with Crippen LogP contribution in [0, 0.1) is 56.7 Å². The molecule has 0 aromatic heterocycles. The lowest BCUT2D eigenvalue weighted by Crippen LogP contribution is -2.38. The van der Waals surface area contributed by atoms with Crippen LogP contribution in [0.2, 0.25) is 0 Å². The fraction of sp³-hybridized carbons (Fsp3) is 0.881. The molecule has 0 saturated carbocycles. The van der Waals surface area contributed by atoms with Crippen LogP contribution in [0.15, 0.2) is 0 Å². The van der Waals surface area contributed by atoms with Crippen LogP contribution >= 0.6 is 0 Å². The van der Waals surface area contributed by atoms with Gasteiger partial charge in [0.15, 0.2) is 0 Å². The van der Waals surface area contributed by atoms with Gasteiger partial charge in [0.1, 0.15) is 103 Å². The van der Waals surface area contributed by atoms with E-state index < -0.39 is 63.7 Å². The first-order valence-corrected chi connectivity index (χ1v) is 50.0. The molecule has 42 heteroatoms. The number of aliphatic hydroxyl groups excluding tert-OH is 10. The molecule has 0 aliphatic heterocycles. The first kappa shape index (κ1) is 156. The third-order valence-electron chi connectivity index (χ3n) is 22.7. The number of esters is 10. The maximum atomic E-state index is 11.6. The van der Waals surface area contributed by atoms with E-state index in [1.54, 1.807) is 49.0 Å². The van der Waals surface area contributed by atoms with Gasteiger partial charge in [0, 0.05) is 53.1 Å². The molecule has 854 valence electrons. The summed E-state index contributed by atoms with van der Waals surface area (Å²) in [6.45, 7) is 52.5.